The van der Waals surface area contributed by atoms with Gasteiger partial charge in [-0.2, -0.15) is 0 Å². The molecule has 6 nitrogen and oxygen atoms in total. The molecule has 0 atom stereocenters. The van der Waals surface area contributed by atoms with Gasteiger partial charge in [0, 0.05) is 39.6 Å². The molecule has 0 aliphatic rings. The molecular weight excluding hydrogens is 647 g/mol. The number of hydrogen-bond donors (Lipinski definition) is 0. The Bertz CT molecular complexity index is 394. The van der Waals surface area contributed by atoms with E-state index in [9.17, 15) is 0 Å². The molecule has 0 unspecified atom stereocenters. The summed E-state index contributed by atoms with van der Waals surface area (Å²) in [5, 5.41) is 0. The molecule has 0 aromatic heterocycles. The second kappa shape index (κ2) is 23.7. The third-order valence-electron chi connectivity index (χ3n) is 1.72. The Morgan fingerprint density at radius 2 is 0.571 bits per heavy atom. The molecule has 0 aliphatic heterocycles. The van der Waals surface area contributed by atoms with Gasteiger partial charge in [0.15, 0.2) is 0 Å². The maximum atomic E-state index is 4.99. The summed E-state index contributed by atoms with van der Waals surface area (Å²) in [7, 11) is 0. The van der Waals surface area contributed by atoms with E-state index in [1.165, 1.54) is 0 Å². The maximum absolute atomic E-state index is 4.99. The third-order valence-corrected chi connectivity index (χ3v) is 8.96. The van der Waals surface area contributed by atoms with E-state index >= 15 is 0 Å². The molecule has 170 valence electrons. The Hall–Kier alpha value is 3.58. The Morgan fingerprint density at radius 3 is 0.643 bits per heavy atom. The molecule has 0 aliphatic carbocycles. The minimum atomic E-state index is -2.28. The Labute approximate surface area is 220 Å². The Morgan fingerprint density at radius 1 is 0.464 bits per heavy atom. The van der Waals surface area contributed by atoms with Gasteiger partial charge in [0.2, 0.25) is 0 Å². The predicted molar refractivity (Wildman–Crippen MR) is 140 cm³/mol. The number of hydrogen-bond acceptors (Lipinski definition) is 12. The van der Waals surface area contributed by atoms with Gasteiger partial charge in [-0.05, 0) is 41.5 Å². The molecule has 0 bridgehead atoms. The molecule has 0 saturated carbocycles. The van der Waals surface area contributed by atoms with Crippen molar-refractivity contribution in [1.29, 1.82) is 0 Å². The molecular formula is C12H30O6P3S6Sb. The van der Waals surface area contributed by atoms with Crippen molar-refractivity contribution in [2.75, 3.05) is 39.6 Å². The van der Waals surface area contributed by atoms with Crippen LogP contribution >= 0.6 is 17.1 Å². The van der Waals surface area contributed by atoms with Crippen molar-refractivity contribution in [2.45, 2.75) is 41.5 Å². The third kappa shape index (κ3) is 31.8. The van der Waals surface area contributed by atoms with Crippen LogP contribution in [0.25, 0.3) is 0 Å². The fourth-order valence-corrected chi connectivity index (χ4v) is 6.98. The topological polar surface area (TPSA) is 55.4 Å². The predicted octanol–water partition coefficient (Wildman–Crippen LogP) is 5.11. The van der Waals surface area contributed by atoms with Crippen LogP contribution in [0.4, 0.5) is 0 Å². The largest absolute Gasteiger partial charge is 3.00 e. The van der Waals surface area contributed by atoms with Gasteiger partial charge in [-0.15, -0.1) is 0 Å². The summed E-state index contributed by atoms with van der Waals surface area (Å²) >= 11 is 28.9. The zero-order chi connectivity index (χ0) is 22.0. The van der Waals surface area contributed by atoms with E-state index in [2.05, 4.69) is 0 Å². The fourth-order valence-electron chi connectivity index (χ4n) is 1.06. The van der Waals surface area contributed by atoms with Crippen LogP contribution in [0, 0.1) is 0 Å². The summed E-state index contributed by atoms with van der Waals surface area (Å²) in [6.07, 6.45) is 0. The van der Waals surface area contributed by atoms with E-state index in [-0.39, 0.29) is 24.4 Å². The zero-order valence-corrected chi connectivity index (χ0v) is 27.1. The second-order valence-corrected chi connectivity index (χ2v) is 18.8. The quantitative estimate of drug-likeness (QED) is 0.157. The first-order valence-electron chi connectivity index (χ1n) is 8.17. The first kappa shape index (κ1) is 38.8. The van der Waals surface area contributed by atoms with Crippen LogP contribution in [0.5, 0.6) is 0 Å². The fraction of sp³-hybridized carbons (Fsp3) is 1.00. The summed E-state index contributed by atoms with van der Waals surface area (Å²) in [6, 6.07) is 0. The van der Waals surface area contributed by atoms with Gasteiger partial charge in [0.25, 0.3) is 0 Å². The second-order valence-electron chi connectivity index (χ2n) is 3.85. The van der Waals surface area contributed by atoms with E-state index in [4.69, 9.17) is 99.3 Å². The Kier molecular flexibility index (Phi) is 32.9. The molecule has 0 amide bonds. The average molecular weight is 677 g/mol. The van der Waals surface area contributed by atoms with Crippen LogP contribution in [-0.4, -0.2) is 64.1 Å². The summed E-state index contributed by atoms with van der Waals surface area (Å²) in [6.45, 7) is 14.4. The van der Waals surface area contributed by atoms with Crippen molar-refractivity contribution in [3.8, 4) is 0 Å². The molecule has 0 N–H and O–H groups in total. The summed E-state index contributed by atoms with van der Waals surface area (Å²) in [4.78, 5) is 0. The van der Waals surface area contributed by atoms with E-state index in [1.54, 1.807) is 0 Å². The molecule has 2 radical (unpaired) electrons. The van der Waals surface area contributed by atoms with Gasteiger partial charge in [-0.3, -0.25) is 0 Å². The van der Waals surface area contributed by atoms with Gasteiger partial charge in [-0.25, -0.2) is 0 Å². The minimum absolute atomic E-state index is 0. The molecule has 0 saturated heterocycles. The smallest absolute Gasteiger partial charge is 0.691 e. The summed E-state index contributed by atoms with van der Waals surface area (Å²) in [5.74, 6) is 0. The molecule has 0 aromatic carbocycles. The maximum Gasteiger partial charge on any atom is 3.00 e. The monoisotopic (exact) mass is 676 g/mol. The molecule has 0 spiro atoms. The van der Waals surface area contributed by atoms with Gasteiger partial charge in [0.1, 0.15) is 0 Å². The van der Waals surface area contributed by atoms with Crippen LogP contribution in [0.1, 0.15) is 41.5 Å². The van der Waals surface area contributed by atoms with E-state index < -0.39 is 17.1 Å². The van der Waals surface area contributed by atoms with Crippen LogP contribution in [0.15, 0.2) is 0 Å². The van der Waals surface area contributed by atoms with Crippen molar-refractivity contribution in [2.24, 2.45) is 0 Å². The molecule has 0 fully saturated rings. The minimum Gasteiger partial charge on any atom is -0.691 e. The van der Waals surface area contributed by atoms with E-state index in [0.29, 0.717) is 39.6 Å². The Balaban J connectivity index is -0.000000152. The van der Waals surface area contributed by atoms with Gasteiger partial charge in [0.05, 0.1) is 17.1 Å². The molecule has 16 heteroatoms. The zero-order valence-electron chi connectivity index (χ0n) is 16.9. The first-order chi connectivity index (χ1) is 12.4. The molecule has 0 rings (SSSR count). The van der Waals surface area contributed by atoms with Crippen LogP contribution < -0.4 is 0 Å². The molecule has 0 heterocycles. The summed E-state index contributed by atoms with van der Waals surface area (Å²) in [5.41, 5.74) is -6.83. The normalized spacial score (nSPS) is 11.5. The van der Waals surface area contributed by atoms with Crippen molar-refractivity contribution in [1.82, 2.24) is 0 Å². The standard InChI is InChI=1S/3C4H11O2PS2.Sb/c3*1-3-5-7(8,9)6-4-2;/h3*3-4H2,1-2H3,(H,8,9);/q;;;+3/p-3. The van der Waals surface area contributed by atoms with Crippen LogP contribution in [0.2, 0.25) is 0 Å². The average Bonchev–Trinajstić information content (AvgIpc) is 2.47. The number of rotatable bonds is 12. The van der Waals surface area contributed by atoms with Crippen LogP contribution in [0.3, 0.4) is 0 Å². The van der Waals surface area contributed by atoms with Gasteiger partial charge >= 0.3 is 24.4 Å². The van der Waals surface area contributed by atoms with Crippen molar-refractivity contribution < 1.29 is 27.1 Å². The van der Waals surface area contributed by atoms with Crippen molar-refractivity contribution in [3.63, 3.8) is 0 Å². The van der Waals surface area contributed by atoms with E-state index in [1.807, 2.05) is 41.5 Å². The van der Waals surface area contributed by atoms with Gasteiger partial charge in [-0.1, -0.05) is 35.4 Å². The van der Waals surface area contributed by atoms with Crippen molar-refractivity contribution >= 4 is 114 Å². The van der Waals surface area contributed by atoms with Gasteiger partial charge < -0.3 is 63.9 Å². The molecule has 28 heavy (non-hydrogen) atoms. The van der Waals surface area contributed by atoms with E-state index in [0.717, 1.165) is 0 Å². The summed E-state index contributed by atoms with van der Waals surface area (Å²) < 4.78 is 29.9. The van der Waals surface area contributed by atoms with Crippen LogP contribution in [-0.2, 0) is 99.3 Å². The molecule has 0 aromatic rings. The SMILES string of the molecule is CCOP(=S)([S-])OCC.CCOP(=S)([S-])OCC.CCOP(=S)([S-])OCC.[Sb+3]. The van der Waals surface area contributed by atoms with Crippen molar-refractivity contribution in [3.05, 3.63) is 0 Å². The first-order valence-corrected chi connectivity index (χ1v) is 19.1.